The van der Waals surface area contributed by atoms with Gasteiger partial charge in [0.15, 0.2) is 0 Å². The van der Waals surface area contributed by atoms with Crippen LogP contribution in [0, 0.1) is 0 Å². The number of aromatic hydroxyl groups is 1. The van der Waals surface area contributed by atoms with Crippen molar-refractivity contribution >= 4 is 12.0 Å². The van der Waals surface area contributed by atoms with Gasteiger partial charge in [0, 0.05) is 26.1 Å². The van der Waals surface area contributed by atoms with Crippen LogP contribution in [0.1, 0.15) is 24.0 Å². The first-order valence-corrected chi connectivity index (χ1v) is 6.61. The summed E-state index contributed by atoms with van der Waals surface area (Å²) in [5.41, 5.74) is 2.11. The Balaban J connectivity index is 1.85. The first-order chi connectivity index (χ1) is 9.56. The van der Waals surface area contributed by atoms with Crippen molar-refractivity contribution in [1.29, 1.82) is 0 Å². The molecular weight excluding hydrogens is 260 g/mol. The summed E-state index contributed by atoms with van der Waals surface area (Å²) in [4.78, 5) is 24.0. The monoisotopic (exact) mass is 278 g/mol. The summed E-state index contributed by atoms with van der Waals surface area (Å²) in [5.74, 6) is -0.658. The van der Waals surface area contributed by atoms with E-state index in [9.17, 15) is 14.7 Å². The lowest BCUT2D eigenvalue weighted by molar-refractivity contribution is -0.137. The van der Waals surface area contributed by atoms with Gasteiger partial charge in [-0.1, -0.05) is 6.07 Å². The molecule has 0 radical (unpaired) electrons. The van der Waals surface area contributed by atoms with Crippen molar-refractivity contribution in [3.8, 4) is 5.75 Å². The van der Waals surface area contributed by atoms with E-state index < -0.39 is 5.97 Å². The average molecular weight is 278 g/mol. The molecule has 3 N–H and O–H groups in total. The Morgan fingerprint density at radius 1 is 1.30 bits per heavy atom. The first kappa shape index (κ1) is 14.2. The predicted molar refractivity (Wildman–Crippen MR) is 72.5 cm³/mol. The van der Waals surface area contributed by atoms with Crippen LogP contribution in [0.2, 0.25) is 0 Å². The summed E-state index contributed by atoms with van der Waals surface area (Å²) in [7, 11) is 0. The molecule has 20 heavy (non-hydrogen) atoms. The van der Waals surface area contributed by atoms with Gasteiger partial charge in [0.25, 0.3) is 0 Å². The third-order valence-corrected chi connectivity index (χ3v) is 3.33. The molecular formula is C14H18N2O4. The standard InChI is InChI=1S/C14H18N2O4/c17-12-4-3-10-5-7-16(9-11(10)8-12)14(20)15-6-1-2-13(18)19/h3-4,8,17H,1-2,5-7,9H2,(H,15,20)(H,18,19). The average Bonchev–Trinajstić information content (AvgIpc) is 2.42. The molecule has 0 spiro atoms. The maximum absolute atomic E-state index is 11.9. The van der Waals surface area contributed by atoms with Crippen LogP contribution in [-0.2, 0) is 17.8 Å². The number of hydrogen-bond acceptors (Lipinski definition) is 3. The number of benzene rings is 1. The molecule has 0 aliphatic carbocycles. The van der Waals surface area contributed by atoms with Crippen molar-refractivity contribution in [2.24, 2.45) is 0 Å². The zero-order valence-electron chi connectivity index (χ0n) is 11.1. The number of nitrogens with zero attached hydrogens (tertiary/aromatic N) is 1. The first-order valence-electron chi connectivity index (χ1n) is 6.61. The SMILES string of the molecule is O=C(O)CCCNC(=O)N1CCc2ccc(O)cc2C1. The van der Waals surface area contributed by atoms with Gasteiger partial charge in [-0.15, -0.1) is 0 Å². The lowest BCUT2D eigenvalue weighted by atomic mass is 10.00. The Labute approximate surface area is 117 Å². The second-order valence-corrected chi connectivity index (χ2v) is 4.85. The summed E-state index contributed by atoms with van der Waals surface area (Å²) < 4.78 is 0. The largest absolute Gasteiger partial charge is 0.508 e. The normalized spacial score (nSPS) is 13.7. The van der Waals surface area contributed by atoms with Crippen molar-refractivity contribution < 1.29 is 19.8 Å². The molecule has 1 heterocycles. The maximum Gasteiger partial charge on any atom is 0.317 e. The van der Waals surface area contributed by atoms with Crippen LogP contribution in [-0.4, -0.2) is 40.2 Å². The van der Waals surface area contributed by atoms with Crippen molar-refractivity contribution in [3.63, 3.8) is 0 Å². The van der Waals surface area contributed by atoms with Gasteiger partial charge in [-0.25, -0.2) is 4.79 Å². The summed E-state index contributed by atoms with van der Waals surface area (Å²) in [6.07, 6.45) is 1.24. The van der Waals surface area contributed by atoms with Crippen molar-refractivity contribution in [1.82, 2.24) is 10.2 Å². The van der Waals surface area contributed by atoms with Crippen molar-refractivity contribution in [2.75, 3.05) is 13.1 Å². The molecule has 0 saturated heterocycles. The number of aliphatic carboxylic acids is 1. The fraction of sp³-hybridized carbons (Fsp3) is 0.429. The Kier molecular flexibility index (Phi) is 4.45. The minimum atomic E-state index is -0.860. The van der Waals surface area contributed by atoms with Crippen LogP contribution in [0.15, 0.2) is 18.2 Å². The summed E-state index contributed by atoms with van der Waals surface area (Å²) in [6, 6.07) is 5.02. The number of nitrogens with one attached hydrogen (secondary N) is 1. The zero-order chi connectivity index (χ0) is 14.5. The smallest absolute Gasteiger partial charge is 0.317 e. The topological polar surface area (TPSA) is 89.9 Å². The van der Waals surface area contributed by atoms with Crippen LogP contribution in [0.5, 0.6) is 5.75 Å². The molecule has 2 amide bonds. The minimum Gasteiger partial charge on any atom is -0.508 e. The van der Waals surface area contributed by atoms with Crippen molar-refractivity contribution in [3.05, 3.63) is 29.3 Å². The predicted octanol–water partition coefficient (Wildman–Crippen LogP) is 1.32. The molecule has 2 rings (SSSR count). The maximum atomic E-state index is 11.9. The lowest BCUT2D eigenvalue weighted by Gasteiger charge is -2.29. The van der Waals surface area contributed by atoms with Gasteiger partial charge in [0.05, 0.1) is 0 Å². The highest BCUT2D eigenvalue weighted by Crippen LogP contribution is 2.22. The van der Waals surface area contributed by atoms with Gasteiger partial charge < -0.3 is 20.4 Å². The third-order valence-electron chi connectivity index (χ3n) is 3.33. The Morgan fingerprint density at radius 2 is 2.10 bits per heavy atom. The van der Waals surface area contributed by atoms with Gasteiger partial charge in [-0.2, -0.15) is 0 Å². The Morgan fingerprint density at radius 3 is 2.85 bits per heavy atom. The summed E-state index contributed by atoms with van der Waals surface area (Å²) in [5, 5.41) is 20.7. The molecule has 0 saturated carbocycles. The second-order valence-electron chi connectivity index (χ2n) is 4.85. The van der Waals surface area contributed by atoms with E-state index in [1.165, 1.54) is 0 Å². The Bertz CT molecular complexity index is 516. The van der Waals surface area contributed by atoms with Crippen molar-refractivity contribution in [2.45, 2.75) is 25.8 Å². The molecule has 1 aromatic carbocycles. The quantitative estimate of drug-likeness (QED) is 0.725. The van der Waals surface area contributed by atoms with Crippen LogP contribution < -0.4 is 5.32 Å². The van der Waals surface area contributed by atoms with Crippen LogP contribution in [0.3, 0.4) is 0 Å². The van der Waals surface area contributed by atoms with E-state index in [0.717, 1.165) is 17.5 Å². The fourth-order valence-corrected chi connectivity index (χ4v) is 2.26. The lowest BCUT2D eigenvalue weighted by Crippen LogP contribution is -2.43. The van der Waals surface area contributed by atoms with Gasteiger partial charge in [0.2, 0.25) is 0 Å². The number of fused-ring (bicyclic) bond motifs is 1. The number of phenolic OH excluding ortho intramolecular Hbond substituents is 1. The highest BCUT2D eigenvalue weighted by molar-refractivity contribution is 5.74. The number of carbonyl (C=O) groups excluding carboxylic acids is 1. The van der Waals surface area contributed by atoms with Crippen LogP contribution in [0.4, 0.5) is 4.79 Å². The van der Waals surface area contributed by atoms with E-state index in [0.29, 0.717) is 26.1 Å². The number of carboxylic acids is 1. The highest BCUT2D eigenvalue weighted by atomic mass is 16.4. The number of urea groups is 1. The van der Waals surface area contributed by atoms with E-state index in [1.807, 2.05) is 6.07 Å². The number of amides is 2. The zero-order valence-corrected chi connectivity index (χ0v) is 11.1. The molecule has 0 fully saturated rings. The second kappa shape index (κ2) is 6.27. The van der Waals surface area contributed by atoms with Crippen LogP contribution >= 0.6 is 0 Å². The van der Waals surface area contributed by atoms with Crippen LogP contribution in [0.25, 0.3) is 0 Å². The third kappa shape index (κ3) is 3.63. The minimum absolute atomic E-state index is 0.0526. The van der Waals surface area contributed by atoms with E-state index in [2.05, 4.69) is 5.32 Å². The molecule has 0 aromatic heterocycles. The molecule has 0 unspecified atom stereocenters. The molecule has 1 aliphatic heterocycles. The molecule has 0 bridgehead atoms. The molecule has 1 aliphatic rings. The fourth-order valence-electron chi connectivity index (χ4n) is 2.26. The van der Waals surface area contributed by atoms with Gasteiger partial charge in [-0.3, -0.25) is 4.79 Å². The molecule has 6 heteroatoms. The highest BCUT2D eigenvalue weighted by Gasteiger charge is 2.20. The van der Waals surface area contributed by atoms with E-state index in [1.54, 1.807) is 17.0 Å². The number of phenols is 1. The molecule has 0 atom stereocenters. The number of carbonyl (C=O) groups is 2. The number of hydrogen-bond donors (Lipinski definition) is 3. The van der Waals surface area contributed by atoms with E-state index >= 15 is 0 Å². The van der Waals surface area contributed by atoms with E-state index in [-0.39, 0.29) is 18.2 Å². The number of carboxylic acid groups (broad SMARTS) is 1. The van der Waals surface area contributed by atoms with Gasteiger partial charge in [0.1, 0.15) is 5.75 Å². The molecule has 108 valence electrons. The summed E-state index contributed by atoms with van der Waals surface area (Å²) >= 11 is 0. The number of rotatable bonds is 4. The Hall–Kier alpha value is -2.24. The van der Waals surface area contributed by atoms with E-state index in [4.69, 9.17) is 5.11 Å². The van der Waals surface area contributed by atoms with Gasteiger partial charge >= 0.3 is 12.0 Å². The summed E-state index contributed by atoms with van der Waals surface area (Å²) in [6.45, 7) is 1.45. The molecule has 6 nitrogen and oxygen atoms in total. The van der Waals surface area contributed by atoms with Gasteiger partial charge in [-0.05, 0) is 36.1 Å². The molecule has 1 aromatic rings.